The molecule has 1 aliphatic heterocycles. The van der Waals surface area contributed by atoms with Crippen LogP contribution in [-0.4, -0.2) is 30.8 Å². The molecule has 0 aliphatic carbocycles. The van der Waals surface area contributed by atoms with Gasteiger partial charge in [-0.25, -0.2) is 0 Å². The Morgan fingerprint density at radius 2 is 2.00 bits per heavy atom. The number of nitrogens with one attached hydrogen (secondary N) is 1. The van der Waals surface area contributed by atoms with Crippen LogP contribution in [0.3, 0.4) is 0 Å². The summed E-state index contributed by atoms with van der Waals surface area (Å²) in [7, 11) is 0. The van der Waals surface area contributed by atoms with Crippen molar-refractivity contribution in [2.45, 2.75) is 19.3 Å². The van der Waals surface area contributed by atoms with Crippen LogP contribution < -0.4 is 29.3 Å². The second-order valence-electron chi connectivity index (χ2n) is 3.46. The molecular weight excluding hydrogens is 165 g/mol. The minimum absolute atomic E-state index is 0. The number of rotatable bonds is 3. The van der Waals surface area contributed by atoms with Gasteiger partial charge in [-0.1, -0.05) is 0 Å². The van der Waals surface area contributed by atoms with Gasteiger partial charge in [0.25, 0.3) is 0 Å². The average molecular weight is 179 g/mol. The van der Waals surface area contributed by atoms with Gasteiger partial charge in [0.05, 0.1) is 0 Å². The second-order valence-corrected chi connectivity index (χ2v) is 3.46. The van der Waals surface area contributed by atoms with Gasteiger partial charge in [0.1, 0.15) is 0 Å². The van der Waals surface area contributed by atoms with Gasteiger partial charge in [0.2, 0.25) is 0 Å². The van der Waals surface area contributed by atoms with Crippen molar-refractivity contribution in [1.29, 1.82) is 0 Å². The monoisotopic (exact) mass is 179 g/mol. The van der Waals surface area contributed by atoms with E-state index in [9.17, 15) is 9.90 Å². The number of hydrogen-bond donors (Lipinski definition) is 2. The maximum atomic E-state index is 10.4. The van der Waals surface area contributed by atoms with Crippen molar-refractivity contribution < 1.29 is 33.9 Å². The van der Waals surface area contributed by atoms with Crippen LogP contribution in [0.25, 0.3) is 0 Å². The van der Waals surface area contributed by atoms with Gasteiger partial charge in [0.15, 0.2) is 0 Å². The second kappa shape index (κ2) is 5.66. The van der Waals surface area contributed by atoms with Crippen molar-refractivity contribution in [2.24, 2.45) is 5.41 Å². The molecule has 4 nitrogen and oxygen atoms in total. The van der Waals surface area contributed by atoms with E-state index in [1.54, 1.807) is 0 Å². The molecule has 1 heterocycles. The van der Waals surface area contributed by atoms with E-state index >= 15 is 0 Å². The molecule has 0 amide bonds. The molecule has 0 aromatic carbocycles. The van der Waals surface area contributed by atoms with Crippen LogP contribution in [0.1, 0.15) is 19.3 Å². The normalized spacial score (nSPS) is 20.4. The molecular formula is C8H14LiNO3. The summed E-state index contributed by atoms with van der Waals surface area (Å²) in [6.45, 7) is 1.52. The van der Waals surface area contributed by atoms with Crippen LogP contribution in [-0.2, 0) is 4.79 Å². The largest absolute Gasteiger partial charge is 1.00 e. The van der Waals surface area contributed by atoms with Crippen molar-refractivity contribution in [3.8, 4) is 0 Å². The summed E-state index contributed by atoms with van der Waals surface area (Å²) >= 11 is 0. The Morgan fingerprint density at radius 3 is 2.38 bits per heavy atom. The molecule has 70 valence electrons. The fourth-order valence-electron chi connectivity index (χ4n) is 1.65. The Bertz CT molecular complexity index is 169. The zero-order valence-corrected chi connectivity index (χ0v) is 8.01. The van der Waals surface area contributed by atoms with E-state index in [0.29, 0.717) is 0 Å². The zero-order chi connectivity index (χ0) is 9.03. The molecule has 0 aromatic rings. The molecule has 1 aliphatic rings. The summed E-state index contributed by atoms with van der Waals surface area (Å²) in [6.07, 6.45) is 1.42. The van der Waals surface area contributed by atoms with E-state index in [1.165, 1.54) is 0 Å². The predicted molar refractivity (Wildman–Crippen MR) is 41.2 cm³/mol. The minimum atomic E-state index is -1.06. The van der Waals surface area contributed by atoms with E-state index in [1.807, 2.05) is 0 Å². The summed E-state index contributed by atoms with van der Waals surface area (Å²) in [5.74, 6) is -1.06. The summed E-state index contributed by atoms with van der Waals surface area (Å²) in [5, 5.41) is 22.6. The Morgan fingerprint density at radius 1 is 1.46 bits per heavy atom. The Kier molecular flexibility index (Phi) is 5.66. The first-order chi connectivity index (χ1) is 5.68. The quantitative estimate of drug-likeness (QED) is 0.428. The third kappa shape index (κ3) is 3.70. The maximum Gasteiger partial charge on any atom is 1.00 e. The van der Waals surface area contributed by atoms with Crippen molar-refractivity contribution in [1.82, 2.24) is 5.32 Å². The van der Waals surface area contributed by atoms with Crippen LogP contribution in [0, 0.1) is 5.41 Å². The minimum Gasteiger partial charge on any atom is -0.550 e. The Hall–Kier alpha value is -0.0126. The van der Waals surface area contributed by atoms with Crippen molar-refractivity contribution >= 4 is 5.97 Å². The molecule has 1 fully saturated rings. The number of hydrogen-bond acceptors (Lipinski definition) is 4. The van der Waals surface area contributed by atoms with E-state index in [0.717, 1.165) is 25.9 Å². The molecule has 0 saturated carbocycles. The molecule has 0 spiro atoms. The predicted octanol–water partition coefficient (Wildman–Crippen LogP) is -4.51. The Balaban J connectivity index is 0.00000144. The summed E-state index contributed by atoms with van der Waals surface area (Å²) < 4.78 is 0. The fourth-order valence-corrected chi connectivity index (χ4v) is 1.65. The fraction of sp³-hybridized carbons (Fsp3) is 0.875. The SMILES string of the molecule is O=C([O-])CC1(CO)CCNCC1.[Li+]. The number of carbonyl (C=O) groups is 1. The molecule has 13 heavy (non-hydrogen) atoms. The number of carboxylic acids is 1. The molecule has 5 heteroatoms. The Labute approximate surface area is 89.9 Å². The van der Waals surface area contributed by atoms with Crippen LogP contribution in [0.2, 0.25) is 0 Å². The first-order valence-electron chi connectivity index (χ1n) is 4.20. The number of piperidine rings is 1. The van der Waals surface area contributed by atoms with Gasteiger partial charge in [0, 0.05) is 18.0 Å². The molecule has 1 saturated heterocycles. The smallest absolute Gasteiger partial charge is 0.550 e. The van der Waals surface area contributed by atoms with Gasteiger partial charge in [-0.2, -0.15) is 0 Å². The van der Waals surface area contributed by atoms with Gasteiger partial charge >= 0.3 is 18.9 Å². The summed E-state index contributed by atoms with van der Waals surface area (Å²) in [4.78, 5) is 10.4. The number of aliphatic hydroxyl groups excluding tert-OH is 1. The number of carboxylic acid groups (broad SMARTS) is 1. The molecule has 0 aromatic heterocycles. The third-order valence-corrected chi connectivity index (χ3v) is 2.52. The summed E-state index contributed by atoms with van der Waals surface area (Å²) in [6, 6.07) is 0. The van der Waals surface area contributed by atoms with E-state index in [4.69, 9.17) is 5.11 Å². The van der Waals surface area contributed by atoms with Crippen molar-refractivity contribution in [2.75, 3.05) is 19.7 Å². The molecule has 0 atom stereocenters. The third-order valence-electron chi connectivity index (χ3n) is 2.52. The van der Waals surface area contributed by atoms with Crippen LogP contribution in [0.15, 0.2) is 0 Å². The standard InChI is InChI=1S/C8H15NO3.Li/c10-6-8(5-7(11)12)1-3-9-4-2-8;/h9-10H,1-6H2,(H,11,12);/q;+1/p-1. The van der Waals surface area contributed by atoms with Crippen LogP contribution >= 0.6 is 0 Å². The van der Waals surface area contributed by atoms with Crippen molar-refractivity contribution in [3.63, 3.8) is 0 Å². The topological polar surface area (TPSA) is 72.4 Å². The van der Waals surface area contributed by atoms with E-state index in [-0.39, 0.29) is 31.9 Å². The first-order valence-corrected chi connectivity index (χ1v) is 4.20. The average Bonchev–Trinajstić information content (AvgIpc) is 2.05. The molecule has 1 rings (SSSR count). The summed E-state index contributed by atoms with van der Waals surface area (Å²) in [5.41, 5.74) is -0.427. The molecule has 2 N–H and O–H groups in total. The number of aliphatic hydroxyl groups is 1. The molecule has 0 bridgehead atoms. The van der Waals surface area contributed by atoms with Crippen LogP contribution in [0.5, 0.6) is 0 Å². The number of aliphatic carboxylic acids is 1. The van der Waals surface area contributed by atoms with Gasteiger partial charge in [-0.3, -0.25) is 0 Å². The van der Waals surface area contributed by atoms with Crippen LogP contribution in [0.4, 0.5) is 0 Å². The van der Waals surface area contributed by atoms with E-state index in [2.05, 4.69) is 5.32 Å². The van der Waals surface area contributed by atoms with Gasteiger partial charge in [-0.05, 0) is 32.4 Å². The molecule has 0 radical (unpaired) electrons. The maximum absolute atomic E-state index is 10.4. The van der Waals surface area contributed by atoms with Gasteiger partial charge < -0.3 is 20.3 Å². The van der Waals surface area contributed by atoms with Crippen molar-refractivity contribution in [3.05, 3.63) is 0 Å². The zero-order valence-electron chi connectivity index (χ0n) is 8.01. The van der Waals surface area contributed by atoms with Gasteiger partial charge in [-0.15, -0.1) is 0 Å². The van der Waals surface area contributed by atoms with E-state index < -0.39 is 11.4 Å². The first kappa shape index (κ1) is 13.0. The number of carbonyl (C=O) groups excluding carboxylic acids is 1. The molecule has 0 unspecified atom stereocenters.